The number of piperidine rings is 1. The van der Waals surface area contributed by atoms with Gasteiger partial charge in [0, 0.05) is 18.6 Å². The van der Waals surface area contributed by atoms with Gasteiger partial charge >= 0.3 is 6.09 Å². The lowest BCUT2D eigenvalue weighted by molar-refractivity contribution is -0.123. The van der Waals surface area contributed by atoms with Crippen LogP contribution >= 0.6 is 0 Å². The second-order valence-electron chi connectivity index (χ2n) is 9.07. The van der Waals surface area contributed by atoms with Crippen LogP contribution in [0.4, 0.5) is 4.79 Å². The topological polar surface area (TPSA) is 84.7 Å². The second kappa shape index (κ2) is 7.52. The Bertz CT molecular complexity index is 499. The molecule has 0 bridgehead atoms. The number of ether oxygens (including phenoxy) is 1. The highest BCUT2D eigenvalue weighted by Gasteiger charge is 2.42. The van der Waals surface area contributed by atoms with Gasteiger partial charge in [-0.15, -0.1) is 0 Å². The van der Waals surface area contributed by atoms with Crippen LogP contribution in [0.25, 0.3) is 0 Å². The first-order valence-corrected chi connectivity index (χ1v) is 9.58. The van der Waals surface area contributed by atoms with E-state index in [-0.39, 0.29) is 24.1 Å². The zero-order valence-electron chi connectivity index (χ0n) is 16.4. The Labute approximate surface area is 151 Å². The fourth-order valence-corrected chi connectivity index (χ4v) is 4.11. The standard InChI is InChI=1S/C19H35N3O3/c1-18(2,3)25-17(24)22-12-7-6-11-15(22)13-9-8-10-14(13)21-19(4,5)16(20)23/h13-15,21H,6-12H2,1-5H3,(H2,20,23). The van der Waals surface area contributed by atoms with Crippen molar-refractivity contribution in [1.29, 1.82) is 0 Å². The predicted octanol–water partition coefficient (Wildman–Crippen LogP) is 2.80. The molecule has 0 aromatic rings. The zero-order valence-corrected chi connectivity index (χ0v) is 16.4. The first-order valence-electron chi connectivity index (χ1n) is 9.58. The van der Waals surface area contributed by atoms with Gasteiger partial charge in [0.25, 0.3) is 0 Å². The molecule has 0 spiro atoms. The molecule has 6 nitrogen and oxygen atoms in total. The minimum Gasteiger partial charge on any atom is -0.444 e. The van der Waals surface area contributed by atoms with Crippen molar-refractivity contribution in [2.24, 2.45) is 11.7 Å². The van der Waals surface area contributed by atoms with E-state index < -0.39 is 11.1 Å². The molecule has 3 N–H and O–H groups in total. The third-order valence-corrected chi connectivity index (χ3v) is 5.40. The molecule has 3 unspecified atom stereocenters. The van der Waals surface area contributed by atoms with Gasteiger partial charge in [0.05, 0.1) is 5.54 Å². The average Bonchev–Trinajstić information content (AvgIpc) is 2.92. The lowest BCUT2D eigenvalue weighted by Gasteiger charge is -2.42. The van der Waals surface area contributed by atoms with E-state index in [4.69, 9.17) is 10.5 Å². The Balaban J connectivity index is 2.12. The first kappa shape index (κ1) is 20.0. The molecular formula is C19H35N3O3. The van der Waals surface area contributed by atoms with Gasteiger partial charge in [0.1, 0.15) is 5.60 Å². The van der Waals surface area contributed by atoms with Gasteiger partial charge in [0.15, 0.2) is 0 Å². The molecule has 2 amide bonds. The Morgan fingerprint density at radius 2 is 1.72 bits per heavy atom. The summed E-state index contributed by atoms with van der Waals surface area (Å²) in [4.78, 5) is 26.3. The number of likely N-dealkylation sites (tertiary alicyclic amines) is 1. The maximum Gasteiger partial charge on any atom is 0.410 e. The van der Waals surface area contributed by atoms with E-state index >= 15 is 0 Å². The molecule has 144 valence electrons. The highest BCUT2D eigenvalue weighted by Crippen LogP contribution is 2.36. The molecular weight excluding hydrogens is 318 g/mol. The Morgan fingerprint density at radius 3 is 2.32 bits per heavy atom. The van der Waals surface area contributed by atoms with E-state index in [9.17, 15) is 9.59 Å². The van der Waals surface area contributed by atoms with E-state index in [1.165, 1.54) is 0 Å². The number of amides is 2. The van der Waals surface area contributed by atoms with Crippen molar-refractivity contribution >= 4 is 12.0 Å². The highest BCUT2D eigenvalue weighted by atomic mass is 16.6. The summed E-state index contributed by atoms with van der Waals surface area (Å²) in [7, 11) is 0. The van der Waals surface area contributed by atoms with Gasteiger partial charge in [-0.1, -0.05) is 6.42 Å². The summed E-state index contributed by atoms with van der Waals surface area (Å²) >= 11 is 0. The average molecular weight is 354 g/mol. The SMILES string of the molecule is CC(C)(C)OC(=O)N1CCCCC1C1CCCC1NC(C)(C)C(N)=O. The number of nitrogens with two attached hydrogens (primary N) is 1. The number of carbonyl (C=O) groups is 2. The molecule has 1 heterocycles. The van der Waals surface area contributed by atoms with Crippen LogP contribution in [-0.2, 0) is 9.53 Å². The van der Waals surface area contributed by atoms with Crippen LogP contribution < -0.4 is 11.1 Å². The first-order chi connectivity index (χ1) is 11.5. The van der Waals surface area contributed by atoms with Crippen LogP contribution in [0.3, 0.4) is 0 Å². The molecule has 2 rings (SSSR count). The largest absolute Gasteiger partial charge is 0.444 e. The van der Waals surface area contributed by atoms with Gasteiger partial charge in [-0.2, -0.15) is 0 Å². The quantitative estimate of drug-likeness (QED) is 0.814. The summed E-state index contributed by atoms with van der Waals surface area (Å²) < 4.78 is 5.63. The molecule has 0 radical (unpaired) electrons. The van der Waals surface area contributed by atoms with E-state index in [0.29, 0.717) is 5.92 Å². The second-order valence-corrected chi connectivity index (χ2v) is 9.07. The fourth-order valence-electron chi connectivity index (χ4n) is 4.11. The van der Waals surface area contributed by atoms with Gasteiger partial charge < -0.3 is 20.7 Å². The van der Waals surface area contributed by atoms with Gasteiger partial charge in [-0.3, -0.25) is 4.79 Å². The fraction of sp³-hybridized carbons (Fsp3) is 0.895. The van der Waals surface area contributed by atoms with Crippen molar-refractivity contribution in [1.82, 2.24) is 10.2 Å². The third kappa shape index (κ3) is 5.09. The molecule has 3 atom stereocenters. The van der Waals surface area contributed by atoms with Crippen LogP contribution in [-0.4, -0.2) is 46.7 Å². The minimum absolute atomic E-state index is 0.173. The molecule has 2 fully saturated rings. The van der Waals surface area contributed by atoms with Crippen molar-refractivity contribution in [3.05, 3.63) is 0 Å². The Hall–Kier alpha value is -1.30. The van der Waals surface area contributed by atoms with E-state index in [1.54, 1.807) is 0 Å². The number of nitrogens with one attached hydrogen (secondary N) is 1. The summed E-state index contributed by atoms with van der Waals surface area (Å²) in [6.45, 7) is 10.1. The molecule has 2 aliphatic rings. The molecule has 6 heteroatoms. The summed E-state index contributed by atoms with van der Waals surface area (Å²) in [6, 6.07) is 0.378. The van der Waals surface area contributed by atoms with Gasteiger partial charge in [-0.25, -0.2) is 4.79 Å². The van der Waals surface area contributed by atoms with Crippen LogP contribution in [0.1, 0.15) is 73.1 Å². The van der Waals surface area contributed by atoms with E-state index in [2.05, 4.69) is 5.32 Å². The van der Waals surface area contributed by atoms with Crippen LogP contribution in [0, 0.1) is 5.92 Å². The van der Waals surface area contributed by atoms with Gasteiger partial charge in [-0.05, 0) is 72.6 Å². The van der Waals surface area contributed by atoms with Gasteiger partial charge in [0.2, 0.25) is 5.91 Å². The Morgan fingerprint density at radius 1 is 1.04 bits per heavy atom. The van der Waals surface area contributed by atoms with Crippen molar-refractivity contribution in [3.8, 4) is 0 Å². The van der Waals surface area contributed by atoms with Crippen LogP contribution in [0.2, 0.25) is 0 Å². The normalized spacial score (nSPS) is 28.0. The lowest BCUT2D eigenvalue weighted by atomic mass is 9.85. The summed E-state index contributed by atoms with van der Waals surface area (Å²) in [5, 5.41) is 3.46. The molecule has 0 aromatic carbocycles. The summed E-state index contributed by atoms with van der Waals surface area (Å²) in [5.41, 5.74) is 4.31. The monoisotopic (exact) mass is 353 g/mol. The maximum absolute atomic E-state index is 12.7. The van der Waals surface area contributed by atoms with Crippen molar-refractivity contribution in [2.45, 2.75) is 96.4 Å². The van der Waals surface area contributed by atoms with E-state index in [1.807, 2.05) is 39.5 Å². The number of carbonyl (C=O) groups excluding carboxylic acids is 2. The van der Waals surface area contributed by atoms with Crippen LogP contribution in [0.15, 0.2) is 0 Å². The van der Waals surface area contributed by atoms with Crippen molar-refractivity contribution < 1.29 is 14.3 Å². The summed E-state index contributed by atoms with van der Waals surface area (Å²) in [5.74, 6) is -0.00256. The van der Waals surface area contributed by atoms with E-state index in [0.717, 1.165) is 45.1 Å². The highest BCUT2D eigenvalue weighted by molar-refractivity contribution is 5.83. The third-order valence-electron chi connectivity index (χ3n) is 5.40. The van der Waals surface area contributed by atoms with Crippen molar-refractivity contribution in [2.75, 3.05) is 6.54 Å². The predicted molar refractivity (Wildman–Crippen MR) is 98.1 cm³/mol. The molecule has 0 aromatic heterocycles. The Kier molecular flexibility index (Phi) is 6.02. The molecule has 1 aliphatic heterocycles. The zero-order chi connectivity index (χ0) is 18.8. The van der Waals surface area contributed by atoms with Crippen LogP contribution in [0.5, 0.6) is 0 Å². The van der Waals surface area contributed by atoms with Crippen molar-refractivity contribution in [3.63, 3.8) is 0 Å². The molecule has 1 saturated carbocycles. The maximum atomic E-state index is 12.7. The lowest BCUT2D eigenvalue weighted by Crippen LogP contribution is -2.59. The summed E-state index contributed by atoms with van der Waals surface area (Å²) in [6.07, 6.45) is 6.13. The number of nitrogens with zero attached hydrogens (tertiary/aromatic N) is 1. The number of hydrogen-bond donors (Lipinski definition) is 2. The molecule has 25 heavy (non-hydrogen) atoms. The molecule has 1 saturated heterocycles. The number of rotatable bonds is 4. The smallest absolute Gasteiger partial charge is 0.410 e. The molecule has 1 aliphatic carbocycles. The number of primary amides is 1. The minimum atomic E-state index is -0.737. The number of hydrogen-bond acceptors (Lipinski definition) is 4.